The zero-order valence-corrected chi connectivity index (χ0v) is 13.1. The van der Waals surface area contributed by atoms with Gasteiger partial charge < -0.3 is 5.32 Å². The first-order valence-electron chi connectivity index (χ1n) is 7.00. The maximum atomic E-state index is 3.67. The molecule has 2 fully saturated rings. The van der Waals surface area contributed by atoms with Gasteiger partial charge in [-0.1, -0.05) is 0 Å². The number of piperidine rings is 1. The number of hydrogen-bond donors (Lipinski definition) is 1. The standard InChI is InChI=1S/C14H21BrN2S/c15-14-8-11(10-18-14)9-17-6-3-12(4-7-17)13-2-1-5-16-13/h8,10,12-13,16H,1-7,9H2. The van der Waals surface area contributed by atoms with Crippen LogP contribution in [0.25, 0.3) is 0 Å². The highest BCUT2D eigenvalue weighted by Gasteiger charge is 2.28. The summed E-state index contributed by atoms with van der Waals surface area (Å²) in [5.74, 6) is 0.929. The van der Waals surface area contributed by atoms with Crippen LogP contribution in [0.2, 0.25) is 0 Å². The number of likely N-dealkylation sites (tertiary alicyclic amines) is 1. The number of hydrogen-bond acceptors (Lipinski definition) is 3. The van der Waals surface area contributed by atoms with E-state index in [0.29, 0.717) is 0 Å². The van der Waals surface area contributed by atoms with Crippen LogP contribution in [0.3, 0.4) is 0 Å². The number of nitrogens with zero attached hydrogens (tertiary/aromatic N) is 1. The summed E-state index contributed by atoms with van der Waals surface area (Å²) in [7, 11) is 0. The molecule has 2 nitrogen and oxygen atoms in total. The lowest BCUT2D eigenvalue weighted by Gasteiger charge is -2.34. The molecule has 0 radical (unpaired) electrons. The molecule has 3 rings (SSSR count). The maximum absolute atomic E-state index is 3.67. The third-order valence-corrected chi connectivity index (χ3v) is 5.88. The summed E-state index contributed by atoms with van der Waals surface area (Å²) in [5, 5.41) is 5.94. The molecule has 100 valence electrons. The Morgan fingerprint density at radius 3 is 2.78 bits per heavy atom. The van der Waals surface area contributed by atoms with Crippen LogP contribution in [0.5, 0.6) is 0 Å². The van der Waals surface area contributed by atoms with Crippen molar-refractivity contribution in [2.45, 2.75) is 38.3 Å². The molecule has 1 unspecified atom stereocenters. The van der Waals surface area contributed by atoms with Crippen molar-refractivity contribution in [3.05, 3.63) is 20.8 Å². The molecule has 1 atom stereocenters. The Morgan fingerprint density at radius 1 is 1.33 bits per heavy atom. The van der Waals surface area contributed by atoms with Gasteiger partial charge in [0, 0.05) is 12.6 Å². The van der Waals surface area contributed by atoms with Crippen molar-refractivity contribution in [1.82, 2.24) is 10.2 Å². The van der Waals surface area contributed by atoms with Gasteiger partial charge in [-0.05, 0) is 84.2 Å². The zero-order valence-electron chi connectivity index (χ0n) is 10.7. The monoisotopic (exact) mass is 328 g/mol. The predicted molar refractivity (Wildman–Crippen MR) is 81.0 cm³/mol. The molecule has 0 saturated carbocycles. The number of nitrogens with one attached hydrogen (secondary N) is 1. The lowest BCUT2D eigenvalue weighted by atomic mass is 9.88. The predicted octanol–water partition coefficient (Wildman–Crippen LogP) is 3.47. The average Bonchev–Trinajstić information content (AvgIpc) is 3.02. The largest absolute Gasteiger partial charge is 0.314 e. The molecule has 0 bridgehead atoms. The molecule has 2 aliphatic heterocycles. The van der Waals surface area contributed by atoms with Gasteiger partial charge in [0.2, 0.25) is 0 Å². The Morgan fingerprint density at radius 2 is 2.17 bits per heavy atom. The van der Waals surface area contributed by atoms with Crippen LogP contribution in [-0.4, -0.2) is 30.6 Å². The molecule has 3 heterocycles. The fourth-order valence-corrected chi connectivity index (χ4v) is 4.51. The maximum Gasteiger partial charge on any atom is 0.0701 e. The van der Waals surface area contributed by atoms with E-state index in [2.05, 4.69) is 37.6 Å². The Balaban J connectivity index is 1.47. The van der Waals surface area contributed by atoms with Gasteiger partial charge >= 0.3 is 0 Å². The third kappa shape index (κ3) is 3.16. The van der Waals surface area contributed by atoms with Crippen LogP contribution in [0.1, 0.15) is 31.2 Å². The Bertz CT molecular complexity index is 379. The minimum Gasteiger partial charge on any atom is -0.314 e. The van der Waals surface area contributed by atoms with Crippen molar-refractivity contribution in [3.8, 4) is 0 Å². The van der Waals surface area contributed by atoms with E-state index in [-0.39, 0.29) is 0 Å². The Hall–Kier alpha value is 0.1000. The second-order valence-corrected chi connectivity index (χ2v) is 7.87. The van der Waals surface area contributed by atoms with Gasteiger partial charge in [0.15, 0.2) is 0 Å². The van der Waals surface area contributed by atoms with Crippen molar-refractivity contribution in [1.29, 1.82) is 0 Å². The van der Waals surface area contributed by atoms with Crippen molar-refractivity contribution in [2.24, 2.45) is 5.92 Å². The smallest absolute Gasteiger partial charge is 0.0701 e. The van der Waals surface area contributed by atoms with E-state index >= 15 is 0 Å². The summed E-state index contributed by atoms with van der Waals surface area (Å²) in [4.78, 5) is 2.61. The van der Waals surface area contributed by atoms with Crippen LogP contribution in [0.15, 0.2) is 15.2 Å². The molecule has 1 aromatic rings. The number of thiophene rings is 1. The first-order valence-corrected chi connectivity index (χ1v) is 8.67. The summed E-state index contributed by atoms with van der Waals surface area (Å²) < 4.78 is 1.25. The molecule has 2 saturated heterocycles. The summed E-state index contributed by atoms with van der Waals surface area (Å²) in [6.45, 7) is 4.92. The highest BCUT2D eigenvalue weighted by molar-refractivity contribution is 9.11. The molecular weight excluding hydrogens is 308 g/mol. The van der Waals surface area contributed by atoms with Crippen molar-refractivity contribution in [2.75, 3.05) is 19.6 Å². The van der Waals surface area contributed by atoms with E-state index in [1.54, 1.807) is 11.3 Å². The van der Waals surface area contributed by atoms with Gasteiger partial charge in [-0.3, -0.25) is 4.90 Å². The van der Waals surface area contributed by atoms with E-state index in [9.17, 15) is 0 Å². The topological polar surface area (TPSA) is 15.3 Å². The summed E-state index contributed by atoms with van der Waals surface area (Å²) in [6, 6.07) is 3.08. The van der Waals surface area contributed by atoms with Crippen molar-refractivity contribution >= 4 is 27.3 Å². The lowest BCUT2D eigenvalue weighted by Crippen LogP contribution is -2.40. The Kier molecular flexibility index (Phi) is 4.39. The highest BCUT2D eigenvalue weighted by atomic mass is 79.9. The van der Waals surface area contributed by atoms with Crippen LogP contribution in [0, 0.1) is 5.92 Å². The molecule has 0 aromatic carbocycles. The van der Waals surface area contributed by atoms with E-state index in [0.717, 1.165) is 18.5 Å². The van der Waals surface area contributed by atoms with E-state index in [1.165, 1.54) is 54.7 Å². The summed E-state index contributed by atoms with van der Waals surface area (Å²) >= 11 is 5.34. The van der Waals surface area contributed by atoms with Crippen molar-refractivity contribution in [3.63, 3.8) is 0 Å². The minimum absolute atomic E-state index is 0.822. The van der Waals surface area contributed by atoms with Crippen molar-refractivity contribution < 1.29 is 0 Å². The summed E-state index contributed by atoms with van der Waals surface area (Å²) in [6.07, 6.45) is 5.54. The van der Waals surface area contributed by atoms with Gasteiger partial charge in [0.25, 0.3) is 0 Å². The molecule has 0 spiro atoms. The fourth-order valence-electron chi connectivity index (χ4n) is 3.31. The molecule has 0 amide bonds. The first-order chi connectivity index (χ1) is 8.81. The summed E-state index contributed by atoms with van der Waals surface area (Å²) in [5.41, 5.74) is 1.46. The van der Waals surface area contributed by atoms with Crippen LogP contribution >= 0.6 is 27.3 Å². The normalized spacial score (nSPS) is 26.8. The second kappa shape index (κ2) is 6.04. The van der Waals surface area contributed by atoms with Crippen LogP contribution < -0.4 is 5.32 Å². The van der Waals surface area contributed by atoms with Crippen LogP contribution in [0.4, 0.5) is 0 Å². The molecule has 4 heteroatoms. The molecule has 0 aliphatic carbocycles. The molecule has 2 aliphatic rings. The molecule has 1 N–H and O–H groups in total. The third-order valence-electron chi connectivity index (χ3n) is 4.33. The molecule has 18 heavy (non-hydrogen) atoms. The zero-order chi connectivity index (χ0) is 12.4. The fraction of sp³-hybridized carbons (Fsp3) is 0.714. The van der Waals surface area contributed by atoms with E-state index in [4.69, 9.17) is 0 Å². The van der Waals surface area contributed by atoms with E-state index < -0.39 is 0 Å². The van der Waals surface area contributed by atoms with Gasteiger partial charge in [-0.2, -0.15) is 0 Å². The van der Waals surface area contributed by atoms with Gasteiger partial charge in [0.1, 0.15) is 0 Å². The van der Waals surface area contributed by atoms with Gasteiger partial charge in [-0.25, -0.2) is 0 Å². The highest BCUT2D eigenvalue weighted by Crippen LogP contribution is 2.27. The minimum atomic E-state index is 0.822. The quantitative estimate of drug-likeness (QED) is 0.913. The molecule has 1 aromatic heterocycles. The van der Waals surface area contributed by atoms with E-state index in [1.807, 2.05) is 0 Å². The van der Waals surface area contributed by atoms with Gasteiger partial charge in [0.05, 0.1) is 3.79 Å². The average molecular weight is 329 g/mol. The Labute approximate surface area is 122 Å². The number of halogens is 1. The first kappa shape index (κ1) is 13.1. The lowest BCUT2D eigenvalue weighted by molar-refractivity contribution is 0.157. The van der Waals surface area contributed by atoms with Crippen LogP contribution in [-0.2, 0) is 6.54 Å². The molecular formula is C14H21BrN2S. The second-order valence-electron chi connectivity index (χ2n) is 5.58. The van der Waals surface area contributed by atoms with Gasteiger partial charge in [-0.15, -0.1) is 11.3 Å². The number of rotatable bonds is 3. The SMILES string of the molecule is Brc1cc(CN2CCC(C3CCCN3)CC2)cs1.